The molecule has 0 aliphatic rings. The van der Waals surface area contributed by atoms with Crippen molar-refractivity contribution in [3.8, 4) is 5.69 Å². The second kappa shape index (κ2) is 4.88. The Hall–Kier alpha value is -3.10. The van der Waals surface area contributed by atoms with E-state index in [1.807, 2.05) is 19.1 Å². The molecule has 0 atom stereocenters. The van der Waals surface area contributed by atoms with E-state index in [1.165, 1.54) is 12.5 Å². The third-order valence-electron chi connectivity index (χ3n) is 2.70. The van der Waals surface area contributed by atoms with Gasteiger partial charge in [0, 0.05) is 5.69 Å². The van der Waals surface area contributed by atoms with E-state index in [-0.39, 0.29) is 11.6 Å². The molecule has 9 heteroatoms. The summed E-state index contributed by atoms with van der Waals surface area (Å²) < 4.78 is 1.55. The van der Waals surface area contributed by atoms with Crippen molar-refractivity contribution < 1.29 is 4.79 Å². The van der Waals surface area contributed by atoms with Gasteiger partial charge in [0.05, 0.1) is 11.9 Å². The molecule has 20 heavy (non-hydrogen) atoms. The molecular formula is C11H10N8O. The van der Waals surface area contributed by atoms with Crippen molar-refractivity contribution in [2.24, 2.45) is 0 Å². The molecule has 2 aromatic heterocycles. The maximum atomic E-state index is 11.8. The van der Waals surface area contributed by atoms with Crippen molar-refractivity contribution in [2.45, 2.75) is 6.92 Å². The number of carbonyl (C=O) groups is 1. The minimum atomic E-state index is -0.326. The van der Waals surface area contributed by atoms with Crippen molar-refractivity contribution in [3.05, 3.63) is 42.0 Å². The molecule has 1 amide bonds. The standard InChI is InChI=1S/C11H10N8O/c1-7-4-8(14-11(20)9-5-12-16-15-9)2-3-10(7)19-6-13-17-18-19/h2-6H,1H3,(H,14,20)(H,12,15,16). The molecule has 0 fully saturated rings. The van der Waals surface area contributed by atoms with E-state index in [4.69, 9.17) is 0 Å². The molecule has 0 saturated heterocycles. The van der Waals surface area contributed by atoms with Gasteiger partial charge in [-0.3, -0.25) is 4.79 Å². The van der Waals surface area contributed by atoms with Crippen molar-refractivity contribution in [2.75, 3.05) is 5.32 Å². The average molecular weight is 270 g/mol. The number of carbonyl (C=O) groups excluding carboxylic acids is 1. The third kappa shape index (κ3) is 2.23. The summed E-state index contributed by atoms with van der Waals surface area (Å²) >= 11 is 0. The normalized spacial score (nSPS) is 10.4. The van der Waals surface area contributed by atoms with E-state index in [9.17, 15) is 4.79 Å². The summed E-state index contributed by atoms with van der Waals surface area (Å²) in [7, 11) is 0. The van der Waals surface area contributed by atoms with Gasteiger partial charge < -0.3 is 5.32 Å². The van der Waals surface area contributed by atoms with Gasteiger partial charge in [0.25, 0.3) is 5.91 Å². The summed E-state index contributed by atoms with van der Waals surface area (Å²) in [5.74, 6) is -0.326. The van der Waals surface area contributed by atoms with Crippen molar-refractivity contribution in [1.29, 1.82) is 0 Å². The molecule has 100 valence electrons. The Balaban J connectivity index is 1.82. The Morgan fingerprint density at radius 1 is 1.40 bits per heavy atom. The zero-order valence-corrected chi connectivity index (χ0v) is 10.5. The lowest BCUT2D eigenvalue weighted by atomic mass is 10.2. The topological polar surface area (TPSA) is 114 Å². The first-order valence-corrected chi connectivity index (χ1v) is 5.75. The number of hydrogen-bond donors (Lipinski definition) is 2. The monoisotopic (exact) mass is 270 g/mol. The van der Waals surface area contributed by atoms with E-state index < -0.39 is 0 Å². The largest absolute Gasteiger partial charge is 0.321 e. The van der Waals surface area contributed by atoms with Crippen LogP contribution in [-0.2, 0) is 0 Å². The van der Waals surface area contributed by atoms with Gasteiger partial charge in [-0.1, -0.05) is 0 Å². The van der Waals surface area contributed by atoms with E-state index in [1.54, 1.807) is 10.7 Å². The number of nitrogens with zero attached hydrogens (tertiary/aromatic N) is 6. The molecule has 0 unspecified atom stereocenters. The Labute approximate surface area is 113 Å². The Morgan fingerprint density at radius 3 is 2.95 bits per heavy atom. The van der Waals surface area contributed by atoms with E-state index >= 15 is 0 Å². The predicted octanol–water partition coefficient (Wildman–Crippen LogP) is 0.341. The molecule has 0 bridgehead atoms. The second-order valence-electron chi connectivity index (χ2n) is 4.07. The molecule has 3 aromatic rings. The minimum absolute atomic E-state index is 0.229. The highest BCUT2D eigenvalue weighted by Crippen LogP contribution is 2.18. The first-order valence-electron chi connectivity index (χ1n) is 5.75. The highest BCUT2D eigenvalue weighted by atomic mass is 16.2. The number of benzene rings is 1. The fourth-order valence-corrected chi connectivity index (χ4v) is 1.77. The number of H-pyrrole nitrogens is 1. The number of anilines is 1. The van der Waals surface area contributed by atoms with Gasteiger partial charge in [-0.15, -0.1) is 5.10 Å². The highest BCUT2D eigenvalue weighted by Gasteiger charge is 2.10. The fraction of sp³-hybridized carbons (Fsp3) is 0.0909. The fourth-order valence-electron chi connectivity index (χ4n) is 1.77. The lowest BCUT2D eigenvalue weighted by molar-refractivity contribution is 0.102. The molecule has 2 N–H and O–H groups in total. The number of aryl methyl sites for hydroxylation is 1. The molecule has 9 nitrogen and oxygen atoms in total. The lowest BCUT2D eigenvalue weighted by Crippen LogP contribution is -2.12. The number of nitrogens with one attached hydrogen (secondary N) is 2. The second-order valence-corrected chi connectivity index (χ2v) is 4.07. The van der Waals surface area contributed by atoms with Gasteiger partial charge in [-0.2, -0.15) is 15.4 Å². The number of aromatic nitrogens is 7. The molecule has 0 radical (unpaired) electrons. The minimum Gasteiger partial charge on any atom is -0.321 e. The van der Waals surface area contributed by atoms with E-state index in [0.717, 1.165) is 11.3 Å². The number of hydrogen-bond acceptors (Lipinski definition) is 6. The van der Waals surface area contributed by atoms with Crippen LogP contribution < -0.4 is 5.32 Å². The smallest absolute Gasteiger partial charge is 0.277 e. The van der Waals surface area contributed by atoms with Gasteiger partial charge >= 0.3 is 0 Å². The third-order valence-corrected chi connectivity index (χ3v) is 2.70. The van der Waals surface area contributed by atoms with Crippen LogP contribution in [0.1, 0.15) is 16.1 Å². The van der Waals surface area contributed by atoms with Crippen molar-refractivity contribution in [3.63, 3.8) is 0 Å². The molecule has 0 aliphatic carbocycles. The number of tetrazole rings is 1. The molecule has 0 saturated carbocycles. The first-order chi connectivity index (χ1) is 9.74. The molecule has 0 spiro atoms. The van der Waals surface area contributed by atoms with Crippen LogP contribution in [0.25, 0.3) is 5.69 Å². The van der Waals surface area contributed by atoms with E-state index in [2.05, 4.69) is 36.3 Å². The molecule has 1 aromatic carbocycles. The number of rotatable bonds is 3. The van der Waals surface area contributed by atoms with Crippen LogP contribution in [0.15, 0.2) is 30.7 Å². The summed E-state index contributed by atoms with van der Waals surface area (Å²) in [5.41, 5.74) is 2.66. The van der Waals surface area contributed by atoms with Crippen LogP contribution in [0.3, 0.4) is 0 Å². The van der Waals surface area contributed by atoms with Crippen LogP contribution in [0.4, 0.5) is 5.69 Å². The van der Waals surface area contributed by atoms with Crippen LogP contribution in [-0.4, -0.2) is 41.5 Å². The molecule has 2 heterocycles. The Morgan fingerprint density at radius 2 is 2.30 bits per heavy atom. The van der Waals surface area contributed by atoms with Gasteiger partial charge in [-0.05, 0) is 41.1 Å². The maximum Gasteiger partial charge on any atom is 0.277 e. The quantitative estimate of drug-likeness (QED) is 0.709. The van der Waals surface area contributed by atoms with Gasteiger partial charge in [0.2, 0.25) is 0 Å². The van der Waals surface area contributed by atoms with Crippen molar-refractivity contribution >= 4 is 11.6 Å². The van der Waals surface area contributed by atoms with E-state index in [0.29, 0.717) is 5.69 Å². The summed E-state index contributed by atoms with van der Waals surface area (Å²) in [5, 5.41) is 23.4. The van der Waals surface area contributed by atoms with Crippen LogP contribution in [0.5, 0.6) is 0 Å². The zero-order valence-electron chi connectivity index (χ0n) is 10.5. The highest BCUT2D eigenvalue weighted by molar-refractivity contribution is 6.02. The Kier molecular flexibility index (Phi) is 2.92. The molecule has 0 aliphatic heterocycles. The molecule has 3 rings (SSSR count). The molecular weight excluding hydrogens is 260 g/mol. The summed E-state index contributed by atoms with van der Waals surface area (Å²) in [6, 6.07) is 5.42. The summed E-state index contributed by atoms with van der Waals surface area (Å²) in [6.07, 6.45) is 2.87. The van der Waals surface area contributed by atoms with Crippen LogP contribution in [0.2, 0.25) is 0 Å². The predicted molar refractivity (Wildman–Crippen MR) is 68.2 cm³/mol. The summed E-state index contributed by atoms with van der Waals surface area (Å²) in [6.45, 7) is 1.91. The van der Waals surface area contributed by atoms with Crippen LogP contribution >= 0.6 is 0 Å². The summed E-state index contributed by atoms with van der Waals surface area (Å²) in [4.78, 5) is 11.8. The number of aromatic amines is 1. The number of amides is 1. The Bertz CT molecular complexity index is 719. The lowest BCUT2D eigenvalue weighted by Gasteiger charge is -2.08. The SMILES string of the molecule is Cc1cc(NC(=O)c2cn[nH]n2)ccc1-n1cnnn1. The zero-order chi connectivity index (χ0) is 13.9. The first kappa shape index (κ1) is 12.0. The van der Waals surface area contributed by atoms with Crippen molar-refractivity contribution in [1.82, 2.24) is 35.6 Å². The van der Waals surface area contributed by atoms with Crippen LogP contribution in [0, 0.1) is 6.92 Å². The van der Waals surface area contributed by atoms with Gasteiger partial charge in [0.1, 0.15) is 6.33 Å². The van der Waals surface area contributed by atoms with Gasteiger partial charge in [0.15, 0.2) is 5.69 Å². The van der Waals surface area contributed by atoms with Gasteiger partial charge in [-0.25, -0.2) is 4.68 Å². The maximum absolute atomic E-state index is 11.8. The average Bonchev–Trinajstić information content (AvgIpc) is 3.12.